The van der Waals surface area contributed by atoms with Crippen molar-refractivity contribution in [1.82, 2.24) is 4.90 Å². The molecule has 1 aliphatic heterocycles. The van der Waals surface area contributed by atoms with Crippen LogP contribution in [-0.4, -0.2) is 35.2 Å². The highest BCUT2D eigenvalue weighted by Gasteiger charge is 2.34. The lowest BCUT2D eigenvalue weighted by atomic mass is 10.1. The van der Waals surface area contributed by atoms with Crippen LogP contribution < -0.4 is 9.47 Å². The van der Waals surface area contributed by atoms with Gasteiger partial charge in [0.15, 0.2) is 0 Å². The Balaban J connectivity index is 1.35. The number of esters is 1. The number of imide groups is 1. The van der Waals surface area contributed by atoms with Crippen LogP contribution in [0.4, 0.5) is 4.79 Å². The Kier molecular flexibility index (Phi) is 7.13. The smallest absolute Gasteiger partial charge is 0.343 e. The molecule has 2 amide bonds. The van der Waals surface area contributed by atoms with Gasteiger partial charge in [0.05, 0.1) is 17.0 Å². The molecule has 7 heteroatoms. The third-order valence-electron chi connectivity index (χ3n) is 5.12. The summed E-state index contributed by atoms with van der Waals surface area (Å²) in [5, 5.41) is -0.326. The second-order valence-electron chi connectivity index (χ2n) is 7.82. The number of aryl methyl sites for hydroxylation is 2. The Morgan fingerprint density at radius 2 is 1.62 bits per heavy atom. The van der Waals surface area contributed by atoms with Gasteiger partial charge in [-0.3, -0.25) is 14.5 Å². The number of thioether (sulfide) groups is 1. The van der Waals surface area contributed by atoms with Crippen LogP contribution in [0.15, 0.2) is 77.7 Å². The van der Waals surface area contributed by atoms with Crippen LogP contribution in [0, 0.1) is 13.8 Å². The molecule has 1 aliphatic rings. The Labute approximate surface area is 202 Å². The minimum absolute atomic E-state index is 0.170. The maximum absolute atomic E-state index is 12.7. The Morgan fingerprint density at radius 1 is 0.912 bits per heavy atom. The number of hydrogen-bond acceptors (Lipinski definition) is 6. The van der Waals surface area contributed by atoms with Crippen LogP contribution in [0.5, 0.6) is 11.5 Å². The van der Waals surface area contributed by atoms with Crippen molar-refractivity contribution >= 4 is 35.0 Å². The molecular formula is C27H23NO5S. The van der Waals surface area contributed by atoms with Crippen molar-refractivity contribution in [3.05, 3.63) is 100.0 Å². The predicted molar refractivity (Wildman–Crippen MR) is 132 cm³/mol. The average Bonchev–Trinajstić information content (AvgIpc) is 3.09. The van der Waals surface area contributed by atoms with Gasteiger partial charge in [-0.1, -0.05) is 47.5 Å². The number of benzene rings is 3. The topological polar surface area (TPSA) is 72.9 Å². The summed E-state index contributed by atoms with van der Waals surface area (Å²) in [5.74, 6) is 0.296. The zero-order valence-electron chi connectivity index (χ0n) is 18.8. The first-order valence-electron chi connectivity index (χ1n) is 10.7. The summed E-state index contributed by atoms with van der Waals surface area (Å²) in [6, 6.07) is 21.5. The van der Waals surface area contributed by atoms with E-state index >= 15 is 0 Å². The molecule has 4 rings (SSSR count). The molecule has 0 aliphatic carbocycles. The Bertz CT molecular complexity index is 1250. The number of rotatable bonds is 7. The third-order valence-corrected chi connectivity index (χ3v) is 6.03. The summed E-state index contributed by atoms with van der Waals surface area (Å²) < 4.78 is 11.1. The van der Waals surface area contributed by atoms with Gasteiger partial charge < -0.3 is 9.47 Å². The number of nitrogens with zero attached hydrogens (tertiary/aromatic N) is 1. The van der Waals surface area contributed by atoms with E-state index in [1.54, 1.807) is 48.5 Å². The van der Waals surface area contributed by atoms with Crippen LogP contribution in [-0.2, 0) is 4.79 Å². The van der Waals surface area contributed by atoms with Crippen molar-refractivity contribution in [1.29, 1.82) is 0 Å². The molecule has 0 unspecified atom stereocenters. The van der Waals surface area contributed by atoms with Gasteiger partial charge in [-0.05, 0) is 73.6 Å². The maximum atomic E-state index is 12.7. The molecule has 0 saturated carbocycles. The number of hydrogen-bond donors (Lipinski definition) is 0. The molecule has 3 aromatic rings. The Morgan fingerprint density at radius 3 is 2.32 bits per heavy atom. The highest BCUT2D eigenvalue weighted by Crippen LogP contribution is 2.32. The standard InChI is InChI=1S/C27H23NO5S/c1-18-6-10-22(11-7-18)32-15-14-28-25(29)24(34-27(28)31)17-20-8-12-23(13-9-20)33-26(30)21-5-3-4-19(2)16-21/h3-13,16-17H,14-15H2,1-2H3/b24-17-. The minimum atomic E-state index is -0.439. The summed E-state index contributed by atoms with van der Waals surface area (Å²) in [6.45, 7) is 4.28. The van der Waals surface area contributed by atoms with E-state index in [9.17, 15) is 14.4 Å². The predicted octanol–water partition coefficient (Wildman–Crippen LogP) is 5.64. The summed E-state index contributed by atoms with van der Waals surface area (Å²) in [5.41, 5.74) is 3.29. The number of carbonyl (C=O) groups excluding carboxylic acids is 3. The van der Waals surface area contributed by atoms with Crippen molar-refractivity contribution in [2.24, 2.45) is 0 Å². The quantitative estimate of drug-likeness (QED) is 0.251. The fourth-order valence-electron chi connectivity index (χ4n) is 3.30. The number of amides is 2. The minimum Gasteiger partial charge on any atom is -0.492 e. The van der Waals surface area contributed by atoms with E-state index in [-0.39, 0.29) is 24.3 Å². The van der Waals surface area contributed by atoms with Crippen molar-refractivity contribution in [2.45, 2.75) is 13.8 Å². The second-order valence-corrected chi connectivity index (χ2v) is 8.82. The van der Waals surface area contributed by atoms with E-state index in [4.69, 9.17) is 9.47 Å². The van der Waals surface area contributed by atoms with Crippen LogP contribution >= 0.6 is 11.8 Å². The van der Waals surface area contributed by atoms with Crippen molar-refractivity contribution in [3.8, 4) is 11.5 Å². The lowest BCUT2D eigenvalue weighted by Crippen LogP contribution is -2.32. The molecule has 172 valence electrons. The maximum Gasteiger partial charge on any atom is 0.343 e. The fraction of sp³-hybridized carbons (Fsp3) is 0.148. The Hall–Kier alpha value is -3.84. The molecular weight excluding hydrogens is 450 g/mol. The summed E-state index contributed by atoms with van der Waals surface area (Å²) in [4.78, 5) is 38.8. The number of ether oxygens (including phenoxy) is 2. The zero-order chi connectivity index (χ0) is 24.1. The molecule has 0 N–H and O–H groups in total. The van der Waals surface area contributed by atoms with E-state index in [1.165, 1.54) is 4.90 Å². The average molecular weight is 474 g/mol. The lowest BCUT2D eigenvalue weighted by molar-refractivity contribution is -0.123. The molecule has 6 nitrogen and oxygen atoms in total. The van der Waals surface area contributed by atoms with Crippen molar-refractivity contribution in [3.63, 3.8) is 0 Å². The monoisotopic (exact) mass is 473 g/mol. The van der Waals surface area contributed by atoms with Gasteiger partial charge >= 0.3 is 5.97 Å². The van der Waals surface area contributed by atoms with E-state index in [2.05, 4.69) is 0 Å². The molecule has 0 radical (unpaired) electrons. The molecule has 1 heterocycles. The summed E-state index contributed by atoms with van der Waals surface area (Å²) in [7, 11) is 0. The highest BCUT2D eigenvalue weighted by atomic mass is 32.2. The van der Waals surface area contributed by atoms with Crippen LogP contribution in [0.25, 0.3) is 6.08 Å². The summed E-state index contributed by atoms with van der Waals surface area (Å²) >= 11 is 0.896. The lowest BCUT2D eigenvalue weighted by Gasteiger charge is -2.13. The number of carbonyl (C=O) groups is 3. The first-order valence-corrected chi connectivity index (χ1v) is 11.5. The highest BCUT2D eigenvalue weighted by molar-refractivity contribution is 8.18. The second kappa shape index (κ2) is 10.4. The third kappa shape index (κ3) is 5.74. The van der Waals surface area contributed by atoms with Gasteiger partial charge in [0, 0.05) is 0 Å². The first kappa shape index (κ1) is 23.3. The van der Waals surface area contributed by atoms with Gasteiger partial charge in [-0.15, -0.1) is 0 Å². The van der Waals surface area contributed by atoms with Gasteiger partial charge in [-0.2, -0.15) is 0 Å². The molecule has 0 spiro atoms. The normalized spacial score (nSPS) is 14.5. The van der Waals surface area contributed by atoms with Gasteiger partial charge in [0.25, 0.3) is 11.1 Å². The molecule has 1 fully saturated rings. The van der Waals surface area contributed by atoms with Crippen LogP contribution in [0.2, 0.25) is 0 Å². The van der Waals surface area contributed by atoms with Gasteiger partial charge in [0.1, 0.15) is 18.1 Å². The fourth-order valence-corrected chi connectivity index (χ4v) is 4.17. The van der Waals surface area contributed by atoms with Gasteiger partial charge in [-0.25, -0.2) is 4.79 Å². The molecule has 3 aromatic carbocycles. The largest absolute Gasteiger partial charge is 0.492 e. The summed E-state index contributed by atoms with van der Waals surface area (Å²) in [6.07, 6.45) is 1.65. The van der Waals surface area contributed by atoms with Crippen LogP contribution in [0.3, 0.4) is 0 Å². The van der Waals surface area contributed by atoms with E-state index in [1.807, 2.05) is 44.2 Å². The van der Waals surface area contributed by atoms with E-state index in [0.29, 0.717) is 22.0 Å². The molecule has 34 heavy (non-hydrogen) atoms. The molecule has 0 atom stereocenters. The molecule has 0 aromatic heterocycles. The zero-order valence-corrected chi connectivity index (χ0v) is 19.6. The molecule has 1 saturated heterocycles. The first-order chi connectivity index (χ1) is 16.4. The molecule has 0 bridgehead atoms. The van der Waals surface area contributed by atoms with E-state index < -0.39 is 5.97 Å². The van der Waals surface area contributed by atoms with E-state index in [0.717, 1.165) is 28.5 Å². The van der Waals surface area contributed by atoms with Crippen LogP contribution in [0.1, 0.15) is 27.0 Å². The SMILES string of the molecule is Cc1ccc(OCCN2C(=O)S/C(=C\c3ccc(OC(=O)c4cccc(C)c4)cc3)C2=O)cc1. The van der Waals surface area contributed by atoms with Gasteiger partial charge in [0.2, 0.25) is 0 Å². The van der Waals surface area contributed by atoms with Crippen molar-refractivity contribution < 1.29 is 23.9 Å². The van der Waals surface area contributed by atoms with Crippen molar-refractivity contribution in [2.75, 3.05) is 13.2 Å².